The molecule has 2 nitrogen and oxygen atoms in total. The van der Waals surface area contributed by atoms with E-state index in [2.05, 4.69) is 4.98 Å². The molecule has 1 aromatic carbocycles. The van der Waals surface area contributed by atoms with E-state index in [1.807, 2.05) is 0 Å². The molecule has 0 spiro atoms. The number of nitrogens with two attached hydrogens (primary N) is 1. The molecule has 0 unspecified atom stereocenters. The molecule has 3 aromatic rings. The summed E-state index contributed by atoms with van der Waals surface area (Å²) in [6.07, 6.45) is -8.50. The third kappa shape index (κ3) is 4.16. The Morgan fingerprint density at radius 2 is 1.71 bits per heavy atom. The minimum absolute atomic E-state index is 0.174. The first-order chi connectivity index (χ1) is 13.0. The van der Waals surface area contributed by atoms with E-state index in [0.717, 1.165) is 17.4 Å². The van der Waals surface area contributed by atoms with Gasteiger partial charge in [0.25, 0.3) is 0 Å². The predicted octanol–water partition coefficient (Wildman–Crippen LogP) is 6.87. The van der Waals surface area contributed by atoms with Gasteiger partial charge in [0, 0.05) is 10.9 Å². The molecule has 0 fully saturated rings. The number of hydrogen-bond acceptors (Lipinski definition) is 2. The van der Waals surface area contributed by atoms with Crippen molar-refractivity contribution in [1.82, 2.24) is 4.98 Å². The van der Waals surface area contributed by atoms with Gasteiger partial charge in [0.15, 0.2) is 0 Å². The molecule has 28 heavy (non-hydrogen) atoms. The number of aromatic nitrogens is 1. The van der Waals surface area contributed by atoms with Crippen molar-refractivity contribution in [2.45, 2.75) is 31.6 Å². The molecular weight excluding hydrogens is 426 g/mol. The SMILES string of the molecule is NCCCCc1c(-c2ccc(Cl)s2)[nH]c2cc(C(F)(F)F)cc(C(F)(F)F)c12. The lowest BCUT2D eigenvalue weighted by atomic mass is 9.97. The number of aromatic amines is 1. The normalized spacial score (nSPS) is 12.9. The van der Waals surface area contributed by atoms with Crippen molar-refractivity contribution in [2.75, 3.05) is 6.54 Å². The number of aryl methyl sites for hydroxylation is 1. The lowest BCUT2D eigenvalue weighted by Crippen LogP contribution is -2.11. The Hall–Kier alpha value is -1.71. The van der Waals surface area contributed by atoms with E-state index >= 15 is 0 Å². The van der Waals surface area contributed by atoms with Crippen LogP contribution in [0.4, 0.5) is 26.3 Å². The fraction of sp³-hybridized carbons (Fsp3) is 0.333. The quantitative estimate of drug-likeness (QED) is 0.330. The number of benzene rings is 1. The van der Waals surface area contributed by atoms with Gasteiger partial charge in [0.1, 0.15) is 0 Å². The minimum Gasteiger partial charge on any atom is -0.354 e. The molecular formula is C18H15ClF6N2S. The molecule has 2 heterocycles. The summed E-state index contributed by atoms with van der Waals surface area (Å²) in [5, 5.41) is -0.239. The molecule has 0 aliphatic carbocycles. The van der Waals surface area contributed by atoms with Crippen LogP contribution in [0.25, 0.3) is 21.5 Å². The Balaban J connectivity index is 2.32. The summed E-state index contributed by atoms with van der Waals surface area (Å²) in [4.78, 5) is 3.33. The Morgan fingerprint density at radius 1 is 1.00 bits per heavy atom. The van der Waals surface area contributed by atoms with Gasteiger partial charge in [-0.05, 0) is 55.6 Å². The summed E-state index contributed by atoms with van der Waals surface area (Å²) in [5.41, 5.74) is 3.30. The summed E-state index contributed by atoms with van der Waals surface area (Å²) >= 11 is 7.07. The number of fused-ring (bicyclic) bond motifs is 1. The maximum absolute atomic E-state index is 13.7. The second-order valence-corrected chi connectivity index (χ2v) is 7.99. The first kappa shape index (κ1) is 21.0. The summed E-state index contributed by atoms with van der Waals surface area (Å²) < 4.78 is 80.8. The highest BCUT2D eigenvalue weighted by Crippen LogP contribution is 2.45. The second kappa shape index (κ2) is 7.61. The van der Waals surface area contributed by atoms with Gasteiger partial charge in [0.05, 0.1) is 26.0 Å². The molecule has 0 aliphatic heterocycles. The number of thiophene rings is 1. The van der Waals surface area contributed by atoms with Gasteiger partial charge in [-0.2, -0.15) is 26.3 Å². The Labute approximate surface area is 165 Å². The molecule has 3 rings (SSSR count). The second-order valence-electron chi connectivity index (χ2n) is 6.27. The van der Waals surface area contributed by atoms with Crippen molar-refractivity contribution in [2.24, 2.45) is 5.73 Å². The van der Waals surface area contributed by atoms with Gasteiger partial charge in [0.2, 0.25) is 0 Å². The highest BCUT2D eigenvalue weighted by molar-refractivity contribution is 7.19. The average molecular weight is 441 g/mol. The van der Waals surface area contributed by atoms with Crippen LogP contribution in [0.2, 0.25) is 4.34 Å². The fourth-order valence-electron chi connectivity index (χ4n) is 3.14. The Morgan fingerprint density at radius 3 is 2.25 bits per heavy atom. The van der Waals surface area contributed by atoms with E-state index in [-0.39, 0.29) is 23.4 Å². The van der Waals surface area contributed by atoms with Crippen LogP contribution < -0.4 is 5.73 Å². The maximum atomic E-state index is 13.7. The first-order valence-electron chi connectivity index (χ1n) is 8.31. The van der Waals surface area contributed by atoms with Crippen molar-refractivity contribution in [1.29, 1.82) is 0 Å². The van der Waals surface area contributed by atoms with E-state index in [9.17, 15) is 26.3 Å². The molecule has 10 heteroatoms. The largest absolute Gasteiger partial charge is 0.417 e. The van der Waals surface area contributed by atoms with Gasteiger partial charge >= 0.3 is 12.4 Å². The molecule has 0 radical (unpaired) electrons. The number of alkyl halides is 6. The zero-order valence-electron chi connectivity index (χ0n) is 14.3. The van der Waals surface area contributed by atoms with Crippen molar-refractivity contribution < 1.29 is 26.3 Å². The van der Waals surface area contributed by atoms with Crippen LogP contribution in [0, 0.1) is 0 Å². The zero-order chi connectivity index (χ0) is 20.7. The van der Waals surface area contributed by atoms with Crippen molar-refractivity contribution in [3.8, 4) is 10.6 Å². The number of rotatable bonds is 5. The predicted molar refractivity (Wildman–Crippen MR) is 98.6 cm³/mol. The van der Waals surface area contributed by atoms with Gasteiger partial charge in [-0.1, -0.05) is 11.6 Å². The van der Waals surface area contributed by atoms with E-state index < -0.39 is 23.5 Å². The van der Waals surface area contributed by atoms with E-state index in [0.29, 0.717) is 39.9 Å². The summed E-state index contributed by atoms with van der Waals surface area (Å²) in [7, 11) is 0. The highest BCUT2D eigenvalue weighted by atomic mass is 35.5. The highest BCUT2D eigenvalue weighted by Gasteiger charge is 2.39. The van der Waals surface area contributed by atoms with Crippen LogP contribution >= 0.6 is 22.9 Å². The summed E-state index contributed by atoms with van der Waals surface area (Å²) in [6, 6.07) is 4.11. The van der Waals surface area contributed by atoms with Crippen molar-refractivity contribution >= 4 is 33.8 Å². The number of nitrogens with one attached hydrogen (secondary N) is 1. The number of hydrogen-bond donors (Lipinski definition) is 2. The Bertz CT molecular complexity index is 987. The van der Waals surface area contributed by atoms with Crippen LogP contribution in [0.3, 0.4) is 0 Å². The van der Waals surface area contributed by atoms with Crippen molar-refractivity contribution in [3.05, 3.63) is 45.3 Å². The summed E-state index contributed by atoms with van der Waals surface area (Å²) in [5.74, 6) is 0. The smallest absolute Gasteiger partial charge is 0.354 e. The number of H-pyrrole nitrogens is 1. The minimum atomic E-state index is -4.94. The molecule has 0 aliphatic rings. The Kier molecular flexibility index (Phi) is 5.71. The molecule has 2 aromatic heterocycles. The molecule has 152 valence electrons. The molecule has 0 saturated heterocycles. The molecule has 3 N–H and O–H groups in total. The van der Waals surface area contributed by atoms with Gasteiger partial charge in [-0.3, -0.25) is 0 Å². The van der Waals surface area contributed by atoms with Gasteiger partial charge in [-0.25, -0.2) is 0 Å². The molecule has 0 bridgehead atoms. The molecule has 0 amide bonds. The monoisotopic (exact) mass is 440 g/mol. The first-order valence-corrected chi connectivity index (χ1v) is 9.50. The fourth-order valence-corrected chi connectivity index (χ4v) is 4.21. The van der Waals surface area contributed by atoms with Gasteiger partial charge in [-0.15, -0.1) is 11.3 Å². The lowest BCUT2D eigenvalue weighted by molar-refractivity contribution is -0.142. The standard InChI is InChI=1S/C18H15ClF6N2S/c19-14-5-4-13(28-14)16-10(3-1-2-6-26)15-11(18(23,24)25)7-9(17(20,21)22)8-12(15)27-16/h4-5,7-8,27H,1-3,6,26H2. The van der Waals surface area contributed by atoms with E-state index in [1.54, 1.807) is 12.1 Å². The molecule has 0 saturated carbocycles. The van der Waals surface area contributed by atoms with Crippen LogP contribution in [-0.4, -0.2) is 11.5 Å². The number of unbranched alkanes of at least 4 members (excludes halogenated alkanes) is 1. The third-order valence-corrected chi connectivity index (χ3v) is 5.58. The maximum Gasteiger partial charge on any atom is 0.417 e. The topological polar surface area (TPSA) is 41.8 Å². The number of halogens is 7. The van der Waals surface area contributed by atoms with Crippen LogP contribution in [0.5, 0.6) is 0 Å². The summed E-state index contributed by atoms with van der Waals surface area (Å²) in [6.45, 7) is 0.368. The van der Waals surface area contributed by atoms with E-state index in [4.69, 9.17) is 17.3 Å². The zero-order valence-corrected chi connectivity index (χ0v) is 15.8. The average Bonchev–Trinajstić information content (AvgIpc) is 3.16. The van der Waals surface area contributed by atoms with Crippen LogP contribution in [-0.2, 0) is 18.8 Å². The van der Waals surface area contributed by atoms with Gasteiger partial charge < -0.3 is 10.7 Å². The lowest BCUT2D eigenvalue weighted by Gasteiger charge is -2.14. The van der Waals surface area contributed by atoms with Crippen molar-refractivity contribution in [3.63, 3.8) is 0 Å². The molecule has 0 atom stereocenters. The third-order valence-electron chi connectivity index (χ3n) is 4.33. The van der Waals surface area contributed by atoms with E-state index in [1.165, 1.54) is 0 Å². The van der Waals surface area contributed by atoms with Crippen LogP contribution in [0.15, 0.2) is 24.3 Å². The van der Waals surface area contributed by atoms with Crippen LogP contribution in [0.1, 0.15) is 29.5 Å².